The minimum atomic E-state index is -3.72. The highest BCUT2D eigenvalue weighted by molar-refractivity contribution is 7.89. The Hall–Kier alpha value is -1.41. The first-order valence-electron chi connectivity index (χ1n) is 6.08. The number of rotatable bonds is 7. The molecule has 0 amide bonds. The van der Waals surface area contributed by atoms with Gasteiger partial charge in [0.25, 0.3) is 10.0 Å². The van der Waals surface area contributed by atoms with Crippen LogP contribution in [0.5, 0.6) is 0 Å². The lowest BCUT2D eigenvalue weighted by Crippen LogP contribution is -2.33. The van der Waals surface area contributed by atoms with Crippen molar-refractivity contribution in [1.82, 2.24) is 13.9 Å². The van der Waals surface area contributed by atoms with Crippen molar-refractivity contribution in [3.05, 3.63) is 12.0 Å². The fourth-order valence-electron chi connectivity index (χ4n) is 1.72. The van der Waals surface area contributed by atoms with E-state index in [1.165, 1.54) is 6.20 Å². The third-order valence-electron chi connectivity index (χ3n) is 2.83. The molecule has 0 aliphatic carbocycles. The van der Waals surface area contributed by atoms with Crippen LogP contribution in [0.3, 0.4) is 0 Å². The average Bonchev–Trinajstić information content (AvgIpc) is 2.71. The molecular weight excluding hydrogens is 270 g/mol. The van der Waals surface area contributed by atoms with Crippen LogP contribution in [0.1, 0.15) is 26.1 Å². The number of carbonyl (C=O) groups is 1. The van der Waals surface area contributed by atoms with Crippen LogP contribution in [-0.4, -0.2) is 46.4 Å². The van der Waals surface area contributed by atoms with E-state index in [4.69, 9.17) is 5.11 Å². The van der Waals surface area contributed by atoms with E-state index in [2.05, 4.69) is 4.98 Å². The molecule has 0 fully saturated rings. The predicted octanol–water partition coefficient (Wildman–Crippen LogP) is 0.697. The van der Waals surface area contributed by atoms with E-state index in [-0.39, 0.29) is 24.5 Å². The van der Waals surface area contributed by atoms with Crippen LogP contribution in [0.15, 0.2) is 11.2 Å². The zero-order chi connectivity index (χ0) is 14.6. The summed E-state index contributed by atoms with van der Waals surface area (Å²) in [6, 6.07) is 0. The molecule has 0 spiro atoms. The number of imidazole rings is 1. The van der Waals surface area contributed by atoms with E-state index in [0.717, 1.165) is 4.31 Å². The van der Waals surface area contributed by atoms with E-state index in [1.807, 2.05) is 6.92 Å². The monoisotopic (exact) mass is 289 g/mol. The Morgan fingerprint density at radius 2 is 2.11 bits per heavy atom. The molecule has 0 saturated heterocycles. The van der Waals surface area contributed by atoms with Crippen LogP contribution in [0.2, 0.25) is 0 Å². The van der Waals surface area contributed by atoms with Crippen molar-refractivity contribution >= 4 is 16.0 Å². The summed E-state index contributed by atoms with van der Waals surface area (Å²) in [7, 11) is -3.72. The summed E-state index contributed by atoms with van der Waals surface area (Å²) in [6.45, 7) is 6.10. The molecule has 19 heavy (non-hydrogen) atoms. The highest BCUT2D eigenvalue weighted by Crippen LogP contribution is 2.15. The second kappa shape index (κ2) is 6.16. The molecule has 1 rings (SSSR count). The normalized spacial score (nSPS) is 12.0. The van der Waals surface area contributed by atoms with Gasteiger partial charge in [-0.25, -0.2) is 13.4 Å². The Balaban J connectivity index is 3.02. The maximum absolute atomic E-state index is 12.3. The fraction of sp³-hybridized carbons (Fsp3) is 0.636. The molecule has 1 heterocycles. The lowest BCUT2D eigenvalue weighted by atomic mass is 10.4. The Bertz CT molecular complexity index is 550. The number of aliphatic carboxylic acids is 1. The molecule has 1 aromatic heterocycles. The van der Waals surface area contributed by atoms with Gasteiger partial charge in [0.05, 0.1) is 6.42 Å². The first-order valence-corrected chi connectivity index (χ1v) is 7.52. The number of aromatic nitrogens is 2. The van der Waals surface area contributed by atoms with Crippen LogP contribution < -0.4 is 0 Å². The molecule has 1 aromatic rings. The molecule has 1 N–H and O–H groups in total. The number of hydrogen-bond donors (Lipinski definition) is 1. The Kier molecular flexibility index (Phi) is 5.07. The molecule has 0 unspecified atom stereocenters. The quantitative estimate of drug-likeness (QED) is 0.797. The van der Waals surface area contributed by atoms with Gasteiger partial charge < -0.3 is 9.67 Å². The minimum Gasteiger partial charge on any atom is -0.481 e. The molecule has 0 radical (unpaired) electrons. The van der Waals surface area contributed by atoms with Crippen LogP contribution in [-0.2, 0) is 21.4 Å². The smallest absolute Gasteiger partial charge is 0.304 e. The molecule has 108 valence electrons. The summed E-state index contributed by atoms with van der Waals surface area (Å²) in [6.07, 6.45) is 1.26. The molecule has 0 aromatic carbocycles. The van der Waals surface area contributed by atoms with E-state index in [9.17, 15) is 13.2 Å². The Morgan fingerprint density at radius 1 is 1.47 bits per heavy atom. The lowest BCUT2D eigenvalue weighted by Gasteiger charge is -2.17. The van der Waals surface area contributed by atoms with E-state index >= 15 is 0 Å². The van der Waals surface area contributed by atoms with E-state index < -0.39 is 16.0 Å². The summed E-state index contributed by atoms with van der Waals surface area (Å²) in [5.74, 6) is -0.403. The number of carboxylic acids is 1. The average molecular weight is 289 g/mol. The summed E-state index contributed by atoms with van der Waals surface area (Å²) in [5.41, 5.74) is 0. The van der Waals surface area contributed by atoms with Crippen molar-refractivity contribution in [3.63, 3.8) is 0 Å². The van der Waals surface area contributed by atoms with Gasteiger partial charge in [-0.05, 0) is 13.8 Å². The molecule has 8 heteroatoms. The number of hydrogen-bond acceptors (Lipinski definition) is 4. The zero-order valence-electron chi connectivity index (χ0n) is 11.3. The van der Waals surface area contributed by atoms with Gasteiger partial charge in [0.1, 0.15) is 5.82 Å². The van der Waals surface area contributed by atoms with Gasteiger partial charge in [-0.2, -0.15) is 4.31 Å². The number of aryl methyl sites for hydroxylation is 2. The summed E-state index contributed by atoms with van der Waals surface area (Å²) in [4.78, 5) is 14.6. The molecule has 0 bridgehead atoms. The van der Waals surface area contributed by atoms with E-state index in [0.29, 0.717) is 12.4 Å². The number of carboxylic acid groups (broad SMARTS) is 1. The molecule has 0 atom stereocenters. The van der Waals surface area contributed by atoms with Crippen LogP contribution in [0.25, 0.3) is 0 Å². The van der Waals surface area contributed by atoms with Crippen molar-refractivity contribution in [2.24, 2.45) is 0 Å². The van der Waals surface area contributed by atoms with Crippen LogP contribution >= 0.6 is 0 Å². The van der Waals surface area contributed by atoms with Crippen LogP contribution in [0.4, 0.5) is 0 Å². The van der Waals surface area contributed by atoms with Gasteiger partial charge in [0.2, 0.25) is 0 Å². The topological polar surface area (TPSA) is 92.5 Å². The number of sulfonamides is 1. The fourth-order valence-corrected chi connectivity index (χ4v) is 3.17. The van der Waals surface area contributed by atoms with Gasteiger partial charge in [-0.1, -0.05) is 6.92 Å². The summed E-state index contributed by atoms with van der Waals surface area (Å²) >= 11 is 0. The van der Waals surface area contributed by atoms with Gasteiger partial charge >= 0.3 is 5.97 Å². The first kappa shape index (κ1) is 15.6. The van der Waals surface area contributed by atoms with Gasteiger partial charge in [-0.15, -0.1) is 0 Å². The standard InChI is InChI=1S/C11H19N3O4S/c1-4-13-8-10(12-9(13)3)19(17,18)14(5-2)7-6-11(15)16/h8H,4-7H2,1-3H3,(H,15,16). The maximum Gasteiger partial charge on any atom is 0.304 e. The van der Waals surface area contributed by atoms with Crippen LogP contribution in [0, 0.1) is 6.92 Å². The Labute approximate surface area is 112 Å². The van der Waals surface area contributed by atoms with Crippen molar-refractivity contribution in [3.8, 4) is 0 Å². The highest BCUT2D eigenvalue weighted by Gasteiger charge is 2.26. The van der Waals surface area contributed by atoms with Crippen molar-refractivity contribution in [2.45, 2.75) is 38.8 Å². The summed E-state index contributed by atoms with van der Waals surface area (Å²) < 4.78 is 27.5. The molecule has 0 aliphatic heterocycles. The van der Waals surface area contributed by atoms with Gasteiger partial charge in [0.15, 0.2) is 5.03 Å². The lowest BCUT2D eigenvalue weighted by molar-refractivity contribution is -0.137. The number of nitrogens with zero attached hydrogens (tertiary/aromatic N) is 3. The third-order valence-corrected chi connectivity index (χ3v) is 4.67. The predicted molar refractivity (Wildman–Crippen MR) is 69.3 cm³/mol. The molecule has 7 nitrogen and oxygen atoms in total. The molecule has 0 saturated carbocycles. The first-order chi connectivity index (χ1) is 8.82. The van der Waals surface area contributed by atoms with Crippen molar-refractivity contribution in [1.29, 1.82) is 0 Å². The minimum absolute atomic E-state index is 0.0286. The maximum atomic E-state index is 12.3. The summed E-state index contributed by atoms with van der Waals surface area (Å²) in [5, 5.41) is 8.61. The molecule has 0 aliphatic rings. The SMILES string of the molecule is CCN(CCC(=O)O)S(=O)(=O)c1cn(CC)c(C)n1. The second-order valence-electron chi connectivity index (χ2n) is 4.05. The van der Waals surface area contributed by atoms with Gasteiger partial charge in [0, 0.05) is 25.8 Å². The zero-order valence-corrected chi connectivity index (χ0v) is 12.1. The highest BCUT2D eigenvalue weighted by atomic mass is 32.2. The Morgan fingerprint density at radius 3 is 2.53 bits per heavy atom. The van der Waals surface area contributed by atoms with E-state index in [1.54, 1.807) is 18.4 Å². The third kappa shape index (κ3) is 3.54. The second-order valence-corrected chi connectivity index (χ2v) is 5.94. The van der Waals surface area contributed by atoms with Crippen molar-refractivity contribution in [2.75, 3.05) is 13.1 Å². The molecular formula is C11H19N3O4S. The van der Waals surface area contributed by atoms with Gasteiger partial charge in [-0.3, -0.25) is 4.79 Å². The largest absolute Gasteiger partial charge is 0.481 e. The van der Waals surface area contributed by atoms with Crippen molar-refractivity contribution < 1.29 is 18.3 Å².